The van der Waals surface area contributed by atoms with Crippen LogP contribution in [0.1, 0.15) is 31.2 Å². The maximum absolute atomic E-state index is 11.9. The van der Waals surface area contributed by atoms with Crippen molar-refractivity contribution in [3.63, 3.8) is 0 Å². The van der Waals surface area contributed by atoms with Gasteiger partial charge in [0.15, 0.2) is 5.82 Å². The Kier molecular flexibility index (Phi) is 4.51. The van der Waals surface area contributed by atoms with Crippen LogP contribution in [0.5, 0.6) is 5.75 Å². The van der Waals surface area contributed by atoms with Gasteiger partial charge in [-0.15, -0.1) is 10.2 Å². The smallest absolute Gasteiger partial charge is 0.240 e. The number of aromatic nitrogens is 4. The predicted octanol–water partition coefficient (Wildman–Crippen LogP) is 1.46. The zero-order valence-corrected chi connectivity index (χ0v) is 14.0. The van der Waals surface area contributed by atoms with Crippen LogP contribution in [0, 0.1) is 0 Å². The number of phenols is 1. The fourth-order valence-corrected chi connectivity index (χ4v) is 2.60. The van der Waals surface area contributed by atoms with Crippen molar-refractivity contribution in [2.24, 2.45) is 5.73 Å². The van der Waals surface area contributed by atoms with Gasteiger partial charge < -0.3 is 16.2 Å². The minimum Gasteiger partial charge on any atom is -0.508 e. The summed E-state index contributed by atoms with van der Waals surface area (Å²) < 4.78 is 1.85. The number of nitrogens with one attached hydrogen (secondary N) is 1. The highest BCUT2D eigenvalue weighted by atomic mass is 16.3. The van der Waals surface area contributed by atoms with Crippen molar-refractivity contribution in [1.82, 2.24) is 19.6 Å². The lowest BCUT2D eigenvalue weighted by molar-refractivity contribution is -0.118. The van der Waals surface area contributed by atoms with Crippen molar-refractivity contribution in [3.05, 3.63) is 48.0 Å². The summed E-state index contributed by atoms with van der Waals surface area (Å²) in [5.74, 6) is 1.14. The average Bonchev–Trinajstić information content (AvgIpc) is 3.01. The van der Waals surface area contributed by atoms with Crippen LogP contribution >= 0.6 is 0 Å². The number of hydrogen-bond acceptors (Lipinski definition) is 6. The van der Waals surface area contributed by atoms with Crippen LogP contribution in [0.25, 0.3) is 5.65 Å². The number of hydrogen-bond donors (Lipinski definition) is 3. The van der Waals surface area contributed by atoms with Gasteiger partial charge in [0.2, 0.25) is 11.6 Å². The number of carbonyl (C=O) groups is 1. The molecule has 1 atom stereocenters. The zero-order valence-electron chi connectivity index (χ0n) is 14.0. The third-order valence-electron chi connectivity index (χ3n) is 3.90. The van der Waals surface area contributed by atoms with Crippen LogP contribution in [0.15, 0.2) is 36.7 Å². The van der Waals surface area contributed by atoms with Crippen molar-refractivity contribution in [2.45, 2.75) is 32.2 Å². The fraction of sp³-hybridized carbons (Fsp3) is 0.294. The highest BCUT2D eigenvalue weighted by Crippen LogP contribution is 2.19. The Labute approximate surface area is 144 Å². The zero-order chi connectivity index (χ0) is 18.0. The van der Waals surface area contributed by atoms with E-state index in [4.69, 9.17) is 5.73 Å². The van der Waals surface area contributed by atoms with E-state index in [0.717, 1.165) is 11.4 Å². The maximum Gasteiger partial charge on any atom is 0.240 e. The van der Waals surface area contributed by atoms with Crippen molar-refractivity contribution in [2.75, 3.05) is 5.32 Å². The van der Waals surface area contributed by atoms with Gasteiger partial charge in [0.1, 0.15) is 17.6 Å². The first-order valence-electron chi connectivity index (χ1n) is 7.99. The highest BCUT2D eigenvalue weighted by molar-refractivity contribution is 5.84. The van der Waals surface area contributed by atoms with Crippen molar-refractivity contribution in [1.29, 1.82) is 0 Å². The lowest BCUT2D eigenvalue weighted by Gasteiger charge is -2.16. The van der Waals surface area contributed by atoms with E-state index in [-0.39, 0.29) is 11.7 Å². The van der Waals surface area contributed by atoms with Crippen LogP contribution < -0.4 is 11.1 Å². The molecule has 0 aliphatic heterocycles. The second-order valence-corrected chi connectivity index (χ2v) is 6.15. The third-order valence-corrected chi connectivity index (χ3v) is 3.90. The molecule has 4 N–H and O–H groups in total. The Morgan fingerprint density at radius 2 is 2.00 bits per heavy atom. The minimum absolute atomic E-state index is 0.170. The Bertz CT molecular complexity index is 888. The summed E-state index contributed by atoms with van der Waals surface area (Å²) in [5.41, 5.74) is 6.95. The summed E-state index contributed by atoms with van der Waals surface area (Å²) in [6.45, 7) is 4.06. The summed E-state index contributed by atoms with van der Waals surface area (Å²) >= 11 is 0. The number of rotatable bonds is 6. The first kappa shape index (κ1) is 16.7. The molecule has 130 valence electrons. The Balaban J connectivity index is 1.89. The van der Waals surface area contributed by atoms with Crippen LogP contribution in [0.4, 0.5) is 5.82 Å². The monoisotopic (exact) mass is 340 g/mol. The maximum atomic E-state index is 11.9. The highest BCUT2D eigenvalue weighted by Gasteiger charge is 2.20. The van der Waals surface area contributed by atoms with Gasteiger partial charge in [-0.05, 0) is 17.7 Å². The molecule has 0 bridgehead atoms. The van der Waals surface area contributed by atoms with Gasteiger partial charge in [-0.2, -0.15) is 0 Å². The van der Waals surface area contributed by atoms with E-state index < -0.39 is 11.9 Å². The summed E-state index contributed by atoms with van der Waals surface area (Å²) in [5, 5.41) is 20.8. The number of primary amides is 1. The van der Waals surface area contributed by atoms with E-state index in [0.29, 0.717) is 17.9 Å². The molecule has 1 aromatic carbocycles. The SMILES string of the molecule is CC(C)c1nnc2c(N[C@@H](Cc3ccc(O)cc3)C(N)=O)nccn12. The van der Waals surface area contributed by atoms with Crippen molar-refractivity contribution in [3.8, 4) is 5.75 Å². The molecule has 3 aromatic rings. The number of benzene rings is 1. The van der Waals surface area contributed by atoms with E-state index in [1.54, 1.807) is 36.7 Å². The predicted molar refractivity (Wildman–Crippen MR) is 93.3 cm³/mol. The van der Waals surface area contributed by atoms with E-state index >= 15 is 0 Å². The number of fused-ring (bicyclic) bond motifs is 1. The van der Waals surface area contributed by atoms with Crippen LogP contribution in [-0.4, -0.2) is 36.6 Å². The number of carbonyl (C=O) groups excluding carboxylic acids is 1. The number of amides is 1. The van der Waals surface area contributed by atoms with Gasteiger partial charge in [-0.1, -0.05) is 26.0 Å². The molecule has 0 aliphatic rings. The summed E-state index contributed by atoms with van der Waals surface area (Å²) in [6.07, 6.45) is 3.78. The van der Waals surface area contributed by atoms with E-state index in [9.17, 15) is 9.90 Å². The van der Waals surface area contributed by atoms with Gasteiger partial charge in [0.05, 0.1) is 0 Å². The topological polar surface area (TPSA) is 118 Å². The molecule has 8 heteroatoms. The Hall–Kier alpha value is -3.16. The quantitative estimate of drug-likeness (QED) is 0.625. The molecule has 1 amide bonds. The summed E-state index contributed by atoms with van der Waals surface area (Å²) in [6, 6.07) is 5.96. The molecule has 0 unspecified atom stereocenters. The molecular formula is C17H20N6O2. The number of nitrogens with zero attached hydrogens (tertiary/aromatic N) is 4. The standard InChI is InChI=1S/C17H20N6O2/c1-10(2)16-21-22-17-15(19-7-8-23(16)17)20-13(14(18)25)9-11-3-5-12(24)6-4-11/h3-8,10,13,24H,9H2,1-2H3,(H2,18,25)(H,19,20)/t13-/m0/s1. The summed E-state index contributed by atoms with van der Waals surface area (Å²) in [7, 11) is 0. The van der Waals surface area contributed by atoms with Crippen LogP contribution in [0.2, 0.25) is 0 Å². The second kappa shape index (κ2) is 6.76. The molecule has 2 aromatic heterocycles. The Morgan fingerprint density at radius 3 is 2.64 bits per heavy atom. The molecule has 0 saturated carbocycles. The lowest BCUT2D eigenvalue weighted by atomic mass is 10.1. The third kappa shape index (κ3) is 3.52. The molecule has 0 saturated heterocycles. The molecule has 3 rings (SSSR count). The number of anilines is 1. The largest absolute Gasteiger partial charge is 0.508 e. The van der Waals surface area contributed by atoms with Gasteiger partial charge in [-0.25, -0.2) is 4.98 Å². The Morgan fingerprint density at radius 1 is 1.28 bits per heavy atom. The lowest BCUT2D eigenvalue weighted by Crippen LogP contribution is -2.37. The second-order valence-electron chi connectivity index (χ2n) is 6.15. The number of nitrogens with two attached hydrogens (primary N) is 1. The first-order valence-corrected chi connectivity index (χ1v) is 7.99. The number of aromatic hydroxyl groups is 1. The van der Waals surface area contributed by atoms with Crippen LogP contribution in [0.3, 0.4) is 0 Å². The van der Waals surface area contributed by atoms with Crippen molar-refractivity contribution >= 4 is 17.4 Å². The molecule has 2 heterocycles. The molecular weight excluding hydrogens is 320 g/mol. The van der Waals surface area contributed by atoms with Gasteiger partial charge >= 0.3 is 0 Å². The molecule has 8 nitrogen and oxygen atoms in total. The van der Waals surface area contributed by atoms with Gasteiger partial charge in [0.25, 0.3) is 0 Å². The van der Waals surface area contributed by atoms with Crippen molar-refractivity contribution < 1.29 is 9.90 Å². The van der Waals surface area contributed by atoms with E-state index in [1.807, 2.05) is 18.2 Å². The molecule has 0 spiro atoms. The van der Waals surface area contributed by atoms with E-state index in [2.05, 4.69) is 20.5 Å². The average molecular weight is 340 g/mol. The molecule has 0 aliphatic carbocycles. The van der Waals surface area contributed by atoms with Crippen LogP contribution in [-0.2, 0) is 11.2 Å². The van der Waals surface area contributed by atoms with Gasteiger partial charge in [-0.3, -0.25) is 9.20 Å². The normalized spacial score (nSPS) is 12.4. The molecule has 0 fully saturated rings. The minimum atomic E-state index is -0.664. The molecule has 0 radical (unpaired) electrons. The fourth-order valence-electron chi connectivity index (χ4n) is 2.60. The number of phenolic OH excluding ortho intramolecular Hbond substituents is 1. The molecule has 25 heavy (non-hydrogen) atoms. The summed E-state index contributed by atoms with van der Waals surface area (Å²) in [4.78, 5) is 16.1. The first-order chi connectivity index (χ1) is 12.0. The van der Waals surface area contributed by atoms with E-state index in [1.165, 1.54) is 0 Å². The van der Waals surface area contributed by atoms with Gasteiger partial charge in [0, 0.05) is 24.7 Å².